The smallest absolute Gasteiger partial charge is 0.220 e. The van der Waals surface area contributed by atoms with Gasteiger partial charge in [0.15, 0.2) is 11.6 Å². The molecule has 0 aliphatic carbocycles. The SMILES string of the molecule is CC1c2cnc(-c3ncccn3)nc2CCN1c1cc(F)cc(N2CCC(C(N)=O)CC2)n1. The highest BCUT2D eigenvalue weighted by atomic mass is 19.1. The second-order valence-electron chi connectivity index (χ2n) is 8.45. The molecule has 10 heteroatoms. The number of hydrogen-bond acceptors (Lipinski definition) is 8. The normalized spacial score (nSPS) is 18.8. The average molecular weight is 449 g/mol. The molecule has 9 nitrogen and oxygen atoms in total. The van der Waals surface area contributed by atoms with Crippen LogP contribution in [-0.4, -0.2) is 50.5 Å². The number of nitrogens with two attached hydrogens (primary N) is 1. The number of rotatable bonds is 4. The summed E-state index contributed by atoms with van der Waals surface area (Å²) in [6.07, 6.45) is 7.12. The number of amides is 1. The summed E-state index contributed by atoms with van der Waals surface area (Å²) in [5.41, 5.74) is 7.36. The highest BCUT2D eigenvalue weighted by Crippen LogP contribution is 2.34. The average Bonchev–Trinajstić information content (AvgIpc) is 2.84. The zero-order chi connectivity index (χ0) is 22.9. The van der Waals surface area contributed by atoms with Gasteiger partial charge in [0.1, 0.15) is 17.5 Å². The topological polar surface area (TPSA) is 114 Å². The van der Waals surface area contributed by atoms with Crippen LogP contribution in [0.1, 0.15) is 37.1 Å². The summed E-state index contributed by atoms with van der Waals surface area (Å²) >= 11 is 0. The molecule has 1 unspecified atom stereocenters. The van der Waals surface area contributed by atoms with E-state index in [0.29, 0.717) is 62.2 Å². The summed E-state index contributed by atoms with van der Waals surface area (Å²) in [4.78, 5) is 37.9. The second kappa shape index (κ2) is 8.68. The Balaban J connectivity index is 1.38. The molecule has 2 aliphatic rings. The lowest BCUT2D eigenvalue weighted by molar-refractivity contribution is -0.122. The van der Waals surface area contributed by atoms with Gasteiger partial charge in [-0.1, -0.05) is 0 Å². The van der Waals surface area contributed by atoms with Crippen LogP contribution in [0, 0.1) is 11.7 Å². The first-order valence-electron chi connectivity index (χ1n) is 11.1. The van der Waals surface area contributed by atoms with Gasteiger partial charge in [-0.15, -0.1) is 0 Å². The number of carbonyl (C=O) groups excluding carboxylic acids is 1. The molecular weight excluding hydrogens is 423 g/mol. The molecule has 3 aromatic heterocycles. The lowest BCUT2D eigenvalue weighted by Crippen LogP contribution is -2.39. The Hall–Kier alpha value is -3.69. The molecule has 0 spiro atoms. The number of carbonyl (C=O) groups is 1. The van der Waals surface area contributed by atoms with Crippen LogP contribution in [0.25, 0.3) is 11.6 Å². The molecule has 0 bridgehead atoms. The molecule has 170 valence electrons. The van der Waals surface area contributed by atoms with Gasteiger partial charge in [-0.2, -0.15) is 0 Å². The van der Waals surface area contributed by atoms with Gasteiger partial charge in [0.05, 0.1) is 11.7 Å². The third-order valence-corrected chi connectivity index (χ3v) is 6.45. The Morgan fingerprint density at radius 1 is 1.03 bits per heavy atom. The first-order chi connectivity index (χ1) is 16.0. The van der Waals surface area contributed by atoms with Crippen molar-refractivity contribution in [2.24, 2.45) is 11.7 Å². The molecule has 2 N–H and O–H groups in total. The van der Waals surface area contributed by atoms with Crippen LogP contribution in [0.4, 0.5) is 16.0 Å². The zero-order valence-corrected chi connectivity index (χ0v) is 18.4. The van der Waals surface area contributed by atoms with Crippen molar-refractivity contribution >= 4 is 17.5 Å². The number of fused-ring (bicyclic) bond motifs is 1. The number of pyridine rings is 1. The Morgan fingerprint density at radius 3 is 2.48 bits per heavy atom. The van der Waals surface area contributed by atoms with Gasteiger partial charge in [0, 0.05) is 68.3 Å². The largest absolute Gasteiger partial charge is 0.369 e. The van der Waals surface area contributed by atoms with Crippen molar-refractivity contribution in [3.05, 3.63) is 53.9 Å². The van der Waals surface area contributed by atoms with Gasteiger partial charge in [-0.25, -0.2) is 29.3 Å². The maximum Gasteiger partial charge on any atom is 0.220 e. The van der Waals surface area contributed by atoms with E-state index in [2.05, 4.69) is 24.8 Å². The number of halogens is 1. The Labute approximate surface area is 190 Å². The minimum atomic E-state index is -0.335. The number of primary amides is 1. The molecule has 33 heavy (non-hydrogen) atoms. The minimum absolute atomic E-state index is 0.0674. The number of aromatic nitrogens is 5. The van der Waals surface area contributed by atoms with Gasteiger partial charge < -0.3 is 15.5 Å². The molecule has 0 aromatic carbocycles. The minimum Gasteiger partial charge on any atom is -0.369 e. The Morgan fingerprint density at radius 2 is 1.76 bits per heavy atom. The number of nitrogens with zero attached hydrogens (tertiary/aromatic N) is 7. The monoisotopic (exact) mass is 448 g/mol. The second-order valence-corrected chi connectivity index (χ2v) is 8.45. The molecule has 3 aromatic rings. The Bertz CT molecular complexity index is 1170. The van der Waals surface area contributed by atoms with Crippen LogP contribution in [0.5, 0.6) is 0 Å². The van der Waals surface area contributed by atoms with Crippen LogP contribution < -0.4 is 15.5 Å². The van der Waals surface area contributed by atoms with Crippen molar-refractivity contribution in [3.8, 4) is 11.6 Å². The number of hydrogen-bond donors (Lipinski definition) is 1. The van der Waals surface area contributed by atoms with Crippen molar-refractivity contribution in [1.82, 2.24) is 24.9 Å². The van der Waals surface area contributed by atoms with Crippen molar-refractivity contribution in [2.45, 2.75) is 32.2 Å². The van der Waals surface area contributed by atoms with Crippen LogP contribution in [0.3, 0.4) is 0 Å². The van der Waals surface area contributed by atoms with Crippen LogP contribution >= 0.6 is 0 Å². The molecule has 5 rings (SSSR count). The predicted octanol–water partition coefficient (Wildman–Crippen LogP) is 2.29. The van der Waals surface area contributed by atoms with Crippen LogP contribution in [0.2, 0.25) is 0 Å². The first kappa shape index (κ1) is 21.2. The number of anilines is 2. The van der Waals surface area contributed by atoms with E-state index in [-0.39, 0.29) is 23.7 Å². The summed E-state index contributed by atoms with van der Waals surface area (Å²) in [6.45, 7) is 3.95. The van der Waals surface area contributed by atoms with E-state index in [4.69, 9.17) is 10.7 Å². The molecule has 1 amide bonds. The van der Waals surface area contributed by atoms with Gasteiger partial charge in [-0.3, -0.25) is 4.79 Å². The molecule has 5 heterocycles. The fraction of sp³-hybridized carbons (Fsp3) is 0.391. The quantitative estimate of drug-likeness (QED) is 0.647. The first-order valence-corrected chi connectivity index (χ1v) is 11.1. The lowest BCUT2D eigenvalue weighted by atomic mass is 9.96. The van der Waals surface area contributed by atoms with Gasteiger partial charge in [0.25, 0.3) is 0 Å². The van der Waals surface area contributed by atoms with Crippen molar-refractivity contribution in [2.75, 3.05) is 29.4 Å². The van der Waals surface area contributed by atoms with Gasteiger partial charge in [-0.05, 0) is 25.8 Å². The summed E-state index contributed by atoms with van der Waals surface area (Å²) in [7, 11) is 0. The van der Waals surface area contributed by atoms with E-state index in [1.807, 2.05) is 11.8 Å². The van der Waals surface area contributed by atoms with E-state index in [1.54, 1.807) is 24.7 Å². The van der Waals surface area contributed by atoms with Crippen molar-refractivity contribution in [3.63, 3.8) is 0 Å². The molecule has 1 fully saturated rings. The van der Waals surface area contributed by atoms with E-state index < -0.39 is 0 Å². The molecule has 2 aliphatic heterocycles. The summed E-state index contributed by atoms with van der Waals surface area (Å²) in [6, 6.07) is 4.60. The van der Waals surface area contributed by atoms with Crippen LogP contribution in [-0.2, 0) is 11.2 Å². The van der Waals surface area contributed by atoms with Crippen molar-refractivity contribution < 1.29 is 9.18 Å². The Kier molecular flexibility index (Phi) is 5.57. The highest BCUT2D eigenvalue weighted by molar-refractivity contribution is 5.77. The zero-order valence-electron chi connectivity index (χ0n) is 18.4. The van der Waals surface area contributed by atoms with E-state index in [1.165, 1.54) is 12.1 Å². The fourth-order valence-corrected chi connectivity index (χ4v) is 4.57. The molecule has 0 radical (unpaired) electrons. The highest BCUT2D eigenvalue weighted by Gasteiger charge is 2.29. The van der Waals surface area contributed by atoms with E-state index in [9.17, 15) is 9.18 Å². The fourth-order valence-electron chi connectivity index (χ4n) is 4.57. The van der Waals surface area contributed by atoms with Crippen molar-refractivity contribution in [1.29, 1.82) is 0 Å². The van der Waals surface area contributed by atoms with Gasteiger partial charge in [0.2, 0.25) is 5.91 Å². The predicted molar refractivity (Wildman–Crippen MR) is 121 cm³/mol. The lowest BCUT2D eigenvalue weighted by Gasteiger charge is -2.36. The standard InChI is InChI=1S/C23H25FN8O/c1-14-17-13-28-23(22-26-6-2-7-27-22)29-18(17)5-10-32(14)20-12-16(24)11-19(30-20)31-8-3-15(4-9-31)21(25)33/h2,6-7,11-15H,3-5,8-10H2,1H3,(H2,25,33). The molecule has 0 saturated carbocycles. The van der Waals surface area contributed by atoms with Gasteiger partial charge >= 0.3 is 0 Å². The summed E-state index contributed by atoms with van der Waals surface area (Å²) < 4.78 is 14.6. The van der Waals surface area contributed by atoms with E-state index in [0.717, 1.165) is 11.3 Å². The van der Waals surface area contributed by atoms with E-state index >= 15 is 0 Å². The maximum absolute atomic E-state index is 14.6. The maximum atomic E-state index is 14.6. The molecule has 1 atom stereocenters. The van der Waals surface area contributed by atoms with Crippen LogP contribution in [0.15, 0.2) is 36.8 Å². The summed E-state index contributed by atoms with van der Waals surface area (Å²) in [5.74, 6) is 1.42. The summed E-state index contributed by atoms with van der Waals surface area (Å²) in [5, 5.41) is 0. The molecule has 1 saturated heterocycles. The third kappa shape index (κ3) is 4.20. The molecular formula is C23H25FN8O. The third-order valence-electron chi connectivity index (χ3n) is 6.45. The number of piperidine rings is 1.